The maximum absolute atomic E-state index is 11.7. The molecule has 0 unspecified atom stereocenters. The second-order valence-electron chi connectivity index (χ2n) is 9.92. The standard InChI is InChI=1S/C28H31N5O4/c1-28(2,36)20-12-18(15-29-17-20)26(14-27(34)35)33-25-8-6-22(13-19(25)16-31-33)37-11-9-21-5-7-23-24(32-21)4-3-10-30-23/h5-8,12-13,15-17,26,30,36H,3-4,9-11,14H2,1-2H3,(H,34,35)/t26-/m0/s1. The number of anilines is 1. The van der Waals surface area contributed by atoms with Gasteiger partial charge in [-0.15, -0.1) is 0 Å². The lowest BCUT2D eigenvalue weighted by molar-refractivity contribution is -0.137. The second kappa shape index (κ2) is 10.2. The number of fused-ring (bicyclic) bond motifs is 2. The number of ether oxygens (including phenoxy) is 1. The molecule has 1 atom stereocenters. The molecule has 3 aromatic heterocycles. The number of aliphatic carboxylic acids is 1. The van der Waals surface area contributed by atoms with Gasteiger partial charge in [0.2, 0.25) is 0 Å². The molecule has 37 heavy (non-hydrogen) atoms. The van der Waals surface area contributed by atoms with Gasteiger partial charge in [-0.25, -0.2) is 0 Å². The maximum atomic E-state index is 11.7. The lowest BCUT2D eigenvalue weighted by Crippen LogP contribution is -2.20. The Morgan fingerprint density at radius 2 is 2.05 bits per heavy atom. The third-order valence-corrected chi connectivity index (χ3v) is 6.65. The first-order valence-electron chi connectivity index (χ1n) is 12.5. The topological polar surface area (TPSA) is 122 Å². The van der Waals surface area contributed by atoms with E-state index in [4.69, 9.17) is 9.72 Å². The average molecular weight is 502 g/mol. The van der Waals surface area contributed by atoms with Crippen molar-refractivity contribution in [2.75, 3.05) is 18.5 Å². The summed E-state index contributed by atoms with van der Waals surface area (Å²) < 4.78 is 7.71. The Morgan fingerprint density at radius 3 is 2.86 bits per heavy atom. The van der Waals surface area contributed by atoms with Crippen molar-refractivity contribution < 1.29 is 19.7 Å². The molecule has 0 radical (unpaired) electrons. The molecule has 1 aliphatic heterocycles. The van der Waals surface area contributed by atoms with E-state index in [-0.39, 0.29) is 6.42 Å². The van der Waals surface area contributed by atoms with Crippen LogP contribution < -0.4 is 10.1 Å². The van der Waals surface area contributed by atoms with Crippen LogP contribution in [-0.2, 0) is 23.2 Å². The molecule has 0 amide bonds. The zero-order valence-electron chi connectivity index (χ0n) is 21.0. The van der Waals surface area contributed by atoms with E-state index in [1.807, 2.05) is 24.3 Å². The maximum Gasteiger partial charge on any atom is 0.305 e. The van der Waals surface area contributed by atoms with Crippen molar-refractivity contribution in [3.05, 3.63) is 77.5 Å². The highest BCUT2D eigenvalue weighted by Crippen LogP contribution is 2.30. The molecule has 0 spiro atoms. The highest BCUT2D eigenvalue weighted by Gasteiger charge is 2.24. The number of hydrogen-bond acceptors (Lipinski definition) is 7. The van der Waals surface area contributed by atoms with Gasteiger partial charge in [0.1, 0.15) is 5.75 Å². The third kappa shape index (κ3) is 5.56. The number of nitrogens with zero attached hydrogens (tertiary/aromatic N) is 4. The van der Waals surface area contributed by atoms with E-state index in [0.717, 1.165) is 47.4 Å². The molecule has 1 aliphatic rings. The first-order chi connectivity index (χ1) is 17.8. The SMILES string of the molecule is CC(C)(O)c1cncc([C@H](CC(=O)O)n2ncc3cc(OCCc4ccc5c(n4)CCCN5)ccc32)c1. The van der Waals surface area contributed by atoms with E-state index in [9.17, 15) is 15.0 Å². The van der Waals surface area contributed by atoms with Gasteiger partial charge in [0.25, 0.3) is 0 Å². The molecular formula is C28H31N5O4. The number of pyridine rings is 2. The van der Waals surface area contributed by atoms with Gasteiger partial charge in [0, 0.05) is 42.0 Å². The molecular weight excluding hydrogens is 470 g/mol. The van der Waals surface area contributed by atoms with E-state index in [2.05, 4.69) is 21.5 Å². The van der Waals surface area contributed by atoms with Gasteiger partial charge in [-0.2, -0.15) is 5.10 Å². The Balaban J connectivity index is 1.33. The molecule has 1 aromatic carbocycles. The van der Waals surface area contributed by atoms with Crippen LogP contribution in [0.3, 0.4) is 0 Å². The first kappa shape index (κ1) is 24.7. The Bertz CT molecular complexity index is 1430. The fraction of sp³-hybridized carbons (Fsp3) is 0.357. The molecule has 0 saturated carbocycles. The number of carboxylic acids is 1. The Hall–Kier alpha value is -3.98. The Kier molecular flexibility index (Phi) is 6.80. The molecule has 0 saturated heterocycles. The number of carboxylic acid groups (broad SMARTS) is 1. The Labute approximate surface area is 215 Å². The lowest BCUT2D eigenvalue weighted by Gasteiger charge is -2.21. The summed E-state index contributed by atoms with van der Waals surface area (Å²) in [6.45, 7) is 4.83. The molecule has 0 aliphatic carbocycles. The number of carbonyl (C=O) groups is 1. The van der Waals surface area contributed by atoms with Crippen molar-refractivity contribution in [3.63, 3.8) is 0 Å². The smallest absolute Gasteiger partial charge is 0.305 e. The summed E-state index contributed by atoms with van der Waals surface area (Å²) in [5, 5.41) is 28.8. The van der Waals surface area contributed by atoms with Crippen LogP contribution in [-0.4, -0.2) is 49.1 Å². The molecule has 9 nitrogen and oxygen atoms in total. The van der Waals surface area contributed by atoms with Crippen molar-refractivity contribution in [2.45, 2.75) is 51.2 Å². The van der Waals surface area contributed by atoms with Crippen molar-refractivity contribution >= 4 is 22.6 Å². The number of aryl methyl sites for hydroxylation is 1. The number of rotatable bonds is 9. The van der Waals surface area contributed by atoms with Crippen LogP contribution in [0.15, 0.2) is 55.0 Å². The summed E-state index contributed by atoms with van der Waals surface area (Å²) in [6, 6.07) is 11.0. The predicted molar refractivity (Wildman–Crippen MR) is 140 cm³/mol. The predicted octanol–water partition coefficient (Wildman–Crippen LogP) is 4.10. The van der Waals surface area contributed by atoms with Crippen molar-refractivity contribution in [2.24, 2.45) is 0 Å². The highest BCUT2D eigenvalue weighted by molar-refractivity contribution is 5.81. The van der Waals surface area contributed by atoms with Gasteiger partial charge < -0.3 is 20.3 Å². The van der Waals surface area contributed by atoms with Gasteiger partial charge >= 0.3 is 5.97 Å². The van der Waals surface area contributed by atoms with Crippen molar-refractivity contribution in [3.8, 4) is 5.75 Å². The van der Waals surface area contributed by atoms with E-state index < -0.39 is 17.6 Å². The summed E-state index contributed by atoms with van der Waals surface area (Å²) in [4.78, 5) is 20.7. The minimum atomic E-state index is -1.10. The van der Waals surface area contributed by atoms with E-state index >= 15 is 0 Å². The van der Waals surface area contributed by atoms with Crippen molar-refractivity contribution in [1.29, 1.82) is 0 Å². The van der Waals surface area contributed by atoms with Gasteiger partial charge in [0.05, 0.1) is 47.8 Å². The summed E-state index contributed by atoms with van der Waals surface area (Å²) in [6.07, 6.45) is 7.55. The monoisotopic (exact) mass is 501 g/mol. The van der Waals surface area contributed by atoms with Gasteiger partial charge in [-0.1, -0.05) is 0 Å². The molecule has 4 aromatic rings. The third-order valence-electron chi connectivity index (χ3n) is 6.65. The quantitative estimate of drug-likeness (QED) is 0.313. The van der Waals surface area contributed by atoms with Gasteiger partial charge in [-0.05, 0) is 68.7 Å². The van der Waals surface area contributed by atoms with Crippen LogP contribution in [0, 0.1) is 0 Å². The number of benzene rings is 1. The molecule has 5 rings (SSSR count). The summed E-state index contributed by atoms with van der Waals surface area (Å²) >= 11 is 0. The number of aromatic nitrogens is 4. The molecule has 4 heterocycles. The molecule has 9 heteroatoms. The zero-order chi connectivity index (χ0) is 26.0. The normalized spacial score (nSPS) is 14.1. The highest BCUT2D eigenvalue weighted by atomic mass is 16.5. The lowest BCUT2D eigenvalue weighted by atomic mass is 9.96. The van der Waals surface area contributed by atoms with E-state index in [1.54, 1.807) is 43.2 Å². The number of hydrogen-bond donors (Lipinski definition) is 3. The van der Waals surface area contributed by atoms with Crippen LogP contribution in [0.25, 0.3) is 10.9 Å². The number of nitrogens with one attached hydrogen (secondary N) is 1. The first-order valence-corrected chi connectivity index (χ1v) is 12.5. The van der Waals surface area contributed by atoms with E-state index in [0.29, 0.717) is 29.9 Å². The van der Waals surface area contributed by atoms with Crippen LogP contribution in [0.4, 0.5) is 5.69 Å². The Morgan fingerprint density at radius 1 is 1.19 bits per heavy atom. The molecule has 3 N–H and O–H groups in total. The fourth-order valence-corrected chi connectivity index (χ4v) is 4.64. The van der Waals surface area contributed by atoms with E-state index in [1.165, 1.54) is 0 Å². The minimum absolute atomic E-state index is 0.171. The fourth-order valence-electron chi connectivity index (χ4n) is 4.64. The average Bonchev–Trinajstić information content (AvgIpc) is 3.30. The van der Waals surface area contributed by atoms with Crippen molar-refractivity contribution in [1.82, 2.24) is 19.7 Å². The minimum Gasteiger partial charge on any atom is -0.493 e. The van der Waals surface area contributed by atoms with Crippen LogP contribution in [0.1, 0.15) is 55.2 Å². The van der Waals surface area contributed by atoms with Crippen LogP contribution in [0.5, 0.6) is 5.75 Å². The van der Waals surface area contributed by atoms with Crippen LogP contribution >= 0.6 is 0 Å². The summed E-state index contributed by atoms with van der Waals surface area (Å²) in [5.74, 6) is -0.235. The largest absolute Gasteiger partial charge is 0.493 e. The molecule has 0 bridgehead atoms. The summed E-state index contributed by atoms with van der Waals surface area (Å²) in [7, 11) is 0. The van der Waals surface area contributed by atoms with Gasteiger partial charge in [-0.3, -0.25) is 19.4 Å². The van der Waals surface area contributed by atoms with Crippen LogP contribution in [0.2, 0.25) is 0 Å². The summed E-state index contributed by atoms with van der Waals surface area (Å²) in [5.41, 5.74) is 4.22. The second-order valence-corrected chi connectivity index (χ2v) is 9.92. The zero-order valence-corrected chi connectivity index (χ0v) is 21.0. The van der Waals surface area contributed by atoms with Gasteiger partial charge in [0.15, 0.2) is 0 Å². The molecule has 0 fully saturated rings. The molecule has 192 valence electrons. The number of aliphatic hydroxyl groups is 1.